The van der Waals surface area contributed by atoms with Gasteiger partial charge in [0.25, 0.3) is 0 Å². The Morgan fingerprint density at radius 3 is 2.00 bits per heavy atom. The largest absolute Gasteiger partial charge is 0.314 e. The molecule has 0 atom stereocenters. The molecule has 0 heterocycles. The van der Waals surface area contributed by atoms with Gasteiger partial charge in [-0.15, -0.1) is 0 Å². The van der Waals surface area contributed by atoms with Crippen molar-refractivity contribution < 1.29 is 0 Å². The Balaban J connectivity index is 2.57. The minimum absolute atomic E-state index is 0.142. The third-order valence-corrected chi connectivity index (χ3v) is 3.64. The van der Waals surface area contributed by atoms with Crippen LogP contribution in [-0.4, -0.2) is 25.7 Å². The molecular formula is C16H28N2. The van der Waals surface area contributed by atoms with E-state index in [4.69, 9.17) is 0 Å². The van der Waals surface area contributed by atoms with Gasteiger partial charge in [-0.1, -0.05) is 43.7 Å². The maximum absolute atomic E-state index is 3.57. The second-order valence-corrected chi connectivity index (χ2v) is 6.49. The first kappa shape index (κ1) is 15.2. The second-order valence-electron chi connectivity index (χ2n) is 6.49. The van der Waals surface area contributed by atoms with Gasteiger partial charge in [0.1, 0.15) is 0 Å². The summed E-state index contributed by atoms with van der Waals surface area (Å²) in [6.45, 7) is 13.1. The van der Waals surface area contributed by atoms with Crippen LogP contribution in [0.15, 0.2) is 24.3 Å². The van der Waals surface area contributed by atoms with Crippen LogP contribution in [0.25, 0.3) is 0 Å². The molecule has 0 saturated heterocycles. The highest BCUT2D eigenvalue weighted by Gasteiger charge is 2.21. The van der Waals surface area contributed by atoms with Crippen LogP contribution >= 0.6 is 0 Å². The number of nitrogens with one attached hydrogen (secondary N) is 2. The summed E-state index contributed by atoms with van der Waals surface area (Å²) in [5, 5.41) is 6.88. The lowest BCUT2D eigenvalue weighted by Gasteiger charge is -2.30. The monoisotopic (exact) mass is 248 g/mol. The van der Waals surface area contributed by atoms with Crippen molar-refractivity contribution in [3.8, 4) is 0 Å². The van der Waals surface area contributed by atoms with Crippen LogP contribution in [0.4, 0.5) is 0 Å². The lowest BCUT2D eigenvalue weighted by molar-refractivity contribution is 0.367. The Kier molecular flexibility index (Phi) is 4.94. The van der Waals surface area contributed by atoms with E-state index < -0.39 is 0 Å². The maximum Gasteiger partial charge on any atom is 0.0246 e. The topological polar surface area (TPSA) is 24.1 Å². The molecule has 0 radical (unpaired) electrons. The van der Waals surface area contributed by atoms with Crippen LogP contribution < -0.4 is 10.6 Å². The van der Waals surface area contributed by atoms with E-state index in [1.54, 1.807) is 0 Å². The fourth-order valence-corrected chi connectivity index (χ4v) is 1.88. The summed E-state index contributed by atoms with van der Waals surface area (Å²) in [7, 11) is 2.01. The van der Waals surface area contributed by atoms with Crippen LogP contribution in [0.1, 0.15) is 38.8 Å². The summed E-state index contributed by atoms with van der Waals surface area (Å²) < 4.78 is 0. The summed E-state index contributed by atoms with van der Waals surface area (Å²) in [5.41, 5.74) is 3.02. The first-order valence-corrected chi connectivity index (χ1v) is 6.74. The molecule has 0 unspecified atom stereocenters. The van der Waals surface area contributed by atoms with Gasteiger partial charge in [-0.05, 0) is 33.4 Å². The van der Waals surface area contributed by atoms with E-state index >= 15 is 0 Å². The Morgan fingerprint density at radius 1 is 0.944 bits per heavy atom. The van der Waals surface area contributed by atoms with Crippen molar-refractivity contribution in [1.82, 2.24) is 10.6 Å². The molecule has 0 amide bonds. The Hall–Kier alpha value is -0.860. The second kappa shape index (κ2) is 5.85. The first-order valence-electron chi connectivity index (χ1n) is 6.74. The first-order chi connectivity index (χ1) is 8.27. The number of rotatable bonds is 6. The minimum atomic E-state index is 0.142. The van der Waals surface area contributed by atoms with Gasteiger partial charge in [-0.2, -0.15) is 0 Å². The van der Waals surface area contributed by atoms with Gasteiger partial charge in [0.05, 0.1) is 0 Å². The number of likely N-dealkylation sites (N-methyl/N-ethyl adjacent to an activating group) is 1. The van der Waals surface area contributed by atoms with E-state index in [1.165, 1.54) is 11.1 Å². The van der Waals surface area contributed by atoms with Crippen LogP contribution in [0.5, 0.6) is 0 Å². The Bertz CT molecular complexity index is 363. The summed E-state index contributed by atoms with van der Waals surface area (Å²) in [5.74, 6) is 0. The van der Waals surface area contributed by atoms with E-state index in [9.17, 15) is 0 Å². The van der Waals surface area contributed by atoms with Crippen molar-refractivity contribution in [2.24, 2.45) is 0 Å². The van der Waals surface area contributed by atoms with Crippen molar-refractivity contribution >= 4 is 0 Å². The Labute approximate surface area is 112 Å². The number of aryl methyl sites for hydroxylation is 1. The molecule has 2 N–H and O–H groups in total. The molecule has 18 heavy (non-hydrogen) atoms. The number of hydrogen-bond donors (Lipinski definition) is 2. The molecule has 0 saturated carbocycles. The van der Waals surface area contributed by atoms with Gasteiger partial charge in [0.15, 0.2) is 0 Å². The molecule has 0 spiro atoms. The van der Waals surface area contributed by atoms with Crippen LogP contribution in [-0.2, 0) is 5.41 Å². The SMILES string of the molecule is CNC(C)(C)CNCC(C)(C)c1ccc(C)cc1. The predicted octanol–water partition coefficient (Wildman–Crippen LogP) is 2.86. The lowest BCUT2D eigenvalue weighted by atomic mass is 9.84. The summed E-state index contributed by atoms with van der Waals surface area (Å²) >= 11 is 0. The molecule has 1 aromatic carbocycles. The van der Waals surface area contributed by atoms with Gasteiger partial charge < -0.3 is 10.6 Å². The molecule has 0 aliphatic heterocycles. The highest BCUT2D eigenvalue weighted by molar-refractivity contribution is 5.27. The quantitative estimate of drug-likeness (QED) is 0.809. The molecule has 0 fully saturated rings. The minimum Gasteiger partial charge on any atom is -0.314 e. The molecule has 2 heteroatoms. The zero-order chi connectivity index (χ0) is 13.8. The standard InChI is InChI=1S/C16H28N2/c1-13-7-9-14(10-8-13)15(2,3)11-18-12-16(4,5)17-6/h7-10,17-18H,11-12H2,1-6H3. The molecule has 1 aromatic rings. The molecule has 0 aliphatic rings. The van der Waals surface area contributed by atoms with Crippen LogP contribution in [0.3, 0.4) is 0 Å². The van der Waals surface area contributed by atoms with E-state index in [0.717, 1.165) is 13.1 Å². The van der Waals surface area contributed by atoms with Gasteiger partial charge in [0, 0.05) is 24.0 Å². The van der Waals surface area contributed by atoms with Gasteiger partial charge in [-0.3, -0.25) is 0 Å². The van der Waals surface area contributed by atoms with Crippen molar-refractivity contribution in [2.45, 2.75) is 45.6 Å². The van der Waals surface area contributed by atoms with Crippen LogP contribution in [0.2, 0.25) is 0 Å². The lowest BCUT2D eigenvalue weighted by Crippen LogP contribution is -2.48. The molecular weight excluding hydrogens is 220 g/mol. The predicted molar refractivity (Wildman–Crippen MR) is 80.2 cm³/mol. The zero-order valence-corrected chi connectivity index (χ0v) is 12.7. The smallest absolute Gasteiger partial charge is 0.0246 e. The average Bonchev–Trinajstić information content (AvgIpc) is 2.29. The maximum atomic E-state index is 3.57. The van der Waals surface area contributed by atoms with Gasteiger partial charge >= 0.3 is 0 Å². The Morgan fingerprint density at radius 2 is 1.50 bits per heavy atom. The van der Waals surface area contributed by atoms with Crippen molar-refractivity contribution in [3.05, 3.63) is 35.4 Å². The molecule has 0 aliphatic carbocycles. The van der Waals surface area contributed by atoms with E-state index in [2.05, 4.69) is 69.5 Å². The van der Waals surface area contributed by atoms with Crippen molar-refractivity contribution in [1.29, 1.82) is 0 Å². The molecule has 1 rings (SSSR count). The summed E-state index contributed by atoms with van der Waals surface area (Å²) in [6, 6.07) is 8.85. The third-order valence-electron chi connectivity index (χ3n) is 3.64. The summed E-state index contributed by atoms with van der Waals surface area (Å²) in [6.07, 6.45) is 0. The number of hydrogen-bond acceptors (Lipinski definition) is 2. The van der Waals surface area contributed by atoms with Gasteiger partial charge in [-0.25, -0.2) is 0 Å². The van der Waals surface area contributed by atoms with Crippen molar-refractivity contribution in [3.63, 3.8) is 0 Å². The molecule has 2 nitrogen and oxygen atoms in total. The van der Waals surface area contributed by atoms with Crippen molar-refractivity contribution in [2.75, 3.05) is 20.1 Å². The molecule has 0 bridgehead atoms. The molecule has 102 valence electrons. The average molecular weight is 248 g/mol. The number of benzene rings is 1. The van der Waals surface area contributed by atoms with Gasteiger partial charge in [0.2, 0.25) is 0 Å². The fraction of sp³-hybridized carbons (Fsp3) is 0.625. The third kappa shape index (κ3) is 4.43. The van der Waals surface area contributed by atoms with E-state index in [-0.39, 0.29) is 11.0 Å². The fourth-order valence-electron chi connectivity index (χ4n) is 1.88. The van der Waals surface area contributed by atoms with Crippen LogP contribution in [0, 0.1) is 6.92 Å². The highest BCUT2D eigenvalue weighted by atomic mass is 15.0. The summed E-state index contributed by atoms with van der Waals surface area (Å²) in [4.78, 5) is 0. The van der Waals surface area contributed by atoms with E-state index in [0.29, 0.717) is 0 Å². The van der Waals surface area contributed by atoms with E-state index in [1.807, 2.05) is 7.05 Å². The zero-order valence-electron chi connectivity index (χ0n) is 12.7. The molecule has 0 aromatic heterocycles. The normalized spacial score (nSPS) is 12.8. The highest BCUT2D eigenvalue weighted by Crippen LogP contribution is 2.22.